The Kier molecular flexibility index (Phi) is 3.31. The van der Waals surface area contributed by atoms with Crippen molar-refractivity contribution >= 4 is 6.09 Å². The van der Waals surface area contributed by atoms with Crippen LogP contribution in [0.25, 0.3) is 0 Å². The summed E-state index contributed by atoms with van der Waals surface area (Å²) >= 11 is 0. The summed E-state index contributed by atoms with van der Waals surface area (Å²) in [5, 5.41) is 12.8. The molecule has 1 aliphatic rings. The molecule has 1 aromatic rings. The molecule has 0 saturated carbocycles. The largest absolute Gasteiger partial charge is 0.465 e. The lowest BCUT2D eigenvalue weighted by molar-refractivity contribution is 0.128. The summed E-state index contributed by atoms with van der Waals surface area (Å²) in [6.07, 6.45) is 0.662. The van der Waals surface area contributed by atoms with Crippen molar-refractivity contribution in [2.45, 2.75) is 38.5 Å². The molecular weight excluding hydrogens is 222 g/mol. The van der Waals surface area contributed by atoms with Gasteiger partial charge in [0.1, 0.15) is 0 Å². The van der Waals surface area contributed by atoms with Crippen molar-refractivity contribution in [3.05, 3.63) is 11.7 Å². The maximum atomic E-state index is 10.8. The van der Waals surface area contributed by atoms with Gasteiger partial charge < -0.3 is 14.5 Å². The minimum absolute atomic E-state index is 0.200. The van der Waals surface area contributed by atoms with E-state index in [0.29, 0.717) is 19.0 Å². The van der Waals surface area contributed by atoms with E-state index in [1.54, 1.807) is 0 Å². The fraction of sp³-hybridized carbons (Fsp3) is 0.727. The zero-order valence-electron chi connectivity index (χ0n) is 10.1. The standard InChI is InChI=1S/C11H17N3O3/c1-7(2)9-12-10(17-13-9)8-3-5-14(6-4-8)11(15)16/h7-8H,3-6H2,1-2H3,(H,15,16). The minimum atomic E-state index is -0.850. The monoisotopic (exact) mass is 239 g/mol. The van der Waals surface area contributed by atoms with E-state index < -0.39 is 6.09 Å². The van der Waals surface area contributed by atoms with E-state index in [1.807, 2.05) is 13.8 Å². The number of carboxylic acid groups (broad SMARTS) is 1. The molecule has 0 unspecified atom stereocenters. The number of carbonyl (C=O) groups is 1. The molecule has 1 aromatic heterocycles. The summed E-state index contributed by atoms with van der Waals surface area (Å²) in [6.45, 7) is 5.11. The molecule has 0 atom stereocenters. The molecule has 1 N–H and O–H groups in total. The summed E-state index contributed by atoms with van der Waals surface area (Å²) in [6, 6.07) is 0. The molecule has 0 aromatic carbocycles. The molecule has 0 spiro atoms. The SMILES string of the molecule is CC(C)c1noc(C2CCN(C(=O)O)CC2)n1. The number of nitrogens with zero attached hydrogens (tertiary/aromatic N) is 3. The van der Waals surface area contributed by atoms with Crippen molar-refractivity contribution in [1.82, 2.24) is 15.0 Å². The lowest BCUT2D eigenvalue weighted by Gasteiger charge is -2.27. The normalized spacial score (nSPS) is 17.7. The van der Waals surface area contributed by atoms with Crippen LogP contribution >= 0.6 is 0 Å². The Morgan fingerprint density at radius 1 is 1.47 bits per heavy atom. The number of piperidine rings is 1. The molecule has 0 aliphatic carbocycles. The Bertz CT molecular complexity index is 394. The summed E-state index contributed by atoms with van der Waals surface area (Å²) in [7, 11) is 0. The van der Waals surface area contributed by atoms with Gasteiger partial charge >= 0.3 is 6.09 Å². The summed E-state index contributed by atoms with van der Waals surface area (Å²) < 4.78 is 5.23. The lowest BCUT2D eigenvalue weighted by atomic mass is 9.97. The molecule has 1 aliphatic heterocycles. The highest BCUT2D eigenvalue weighted by atomic mass is 16.5. The Morgan fingerprint density at radius 2 is 2.12 bits per heavy atom. The van der Waals surface area contributed by atoms with E-state index in [9.17, 15) is 4.79 Å². The minimum Gasteiger partial charge on any atom is -0.465 e. The first-order valence-electron chi connectivity index (χ1n) is 5.89. The highest BCUT2D eigenvalue weighted by Crippen LogP contribution is 2.27. The molecule has 1 fully saturated rings. The van der Waals surface area contributed by atoms with Gasteiger partial charge in [-0.3, -0.25) is 0 Å². The summed E-state index contributed by atoms with van der Waals surface area (Å²) in [4.78, 5) is 16.6. The van der Waals surface area contributed by atoms with Crippen molar-refractivity contribution in [3.8, 4) is 0 Å². The average Bonchev–Trinajstić information content (AvgIpc) is 2.78. The average molecular weight is 239 g/mol. The molecule has 6 nitrogen and oxygen atoms in total. The van der Waals surface area contributed by atoms with Gasteiger partial charge in [0.2, 0.25) is 5.89 Å². The first kappa shape index (κ1) is 11.9. The number of aromatic nitrogens is 2. The molecule has 2 heterocycles. The van der Waals surface area contributed by atoms with Crippen LogP contribution in [0.2, 0.25) is 0 Å². The Labute approximate surface area is 99.6 Å². The van der Waals surface area contributed by atoms with Crippen LogP contribution in [-0.4, -0.2) is 39.3 Å². The van der Waals surface area contributed by atoms with Crippen molar-refractivity contribution in [3.63, 3.8) is 0 Å². The molecular formula is C11H17N3O3. The first-order valence-corrected chi connectivity index (χ1v) is 5.89. The van der Waals surface area contributed by atoms with Gasteiger partial charge in [-0.1, -0.05) is 19.0 Å². The molecule has 0 bridgehead atoms. The van der Waals surface area contributed by atoms with Crippen LogP contribution in [0.4, 0.5) is 4.79 Å². The maximum Gasteiger partial charge on any atom is 0.407 e. The predicted octanol–water partition coefficient (Wildman–Crippen LogP) is 2.05. The Balaban J connectivity index is 1.98. The lowest BCUT2D eigenvalue weighted by Crippen LogP contribution is -2.36. The van der Waals surface area contributed by atoms with Crippen molar-refractivity contribution < 1.29 is 14.4 Å². The molecule has 1 saturated heterocycles. The molecule has 94 valence electrons. The smallest absolute Gasteiger partial charge is 0.407 e. The molecule has 17 heavy (non-hydrogen) atoms. The molecule has 2 rings (SSSR count). The third kappa shape index (κ3) is 2.57. The van der Waals surface area contributed by atoms with Gasteiger partial charge in [0.05, 0.1) is 0 Å². The fourth-order valence-corrected chi connectivity index (χ4v) is 1.97. The van der Waals surface area contributed by atoms with Crippen LogP contribution in [-0.2, 0) is 0 Å². The van der Waals surface area contributed by atoms with Crippen LogP contribution < -0.4 is 0 Å². The zero-order chi connectivity index (χ0) is 12.4. The number of hydrogen-bond acceptors (Lipinski definition) is 4. The van der Waals surface area contributed by atoms with E-state index >= 15 is 0 Å². The third-order valence-corrected chi connectivity index (χ3v) is 3.09. The number of amides is 1. The zero-order valence-corrected chi connectivity index (χ0v) is 10.1. The second kappa shape index (κ2) is 4.73. The predicted molar refractivity (Wildman–Crippen MR) is 60.0 cm³/mol. The van der Waals surface area contributed by atoms with Gasteiger partial charge in [0, 0.05) is 24.9 Å². The quantitative estimate of drug-likeness (QED) is 0.854. The Morgan fingerprint density at radius 3 is 2.59 bits per heavy atom. The van der Waals surface area contributed by atoms with Crippen LogP contribution in [0.15, 0.2) is 4.52 Å². The number of rotatable bonds is 2. The van der Waals surface area contributed by atoms with E-state index in [0.717, 1.165) is 18.7 Å². The van der Waals surface area contributed by atoms with Crippen LogP contribution in [0.5, 0.6) is 0 Å². The van der Waals surface area contributed by atoms with Crippen LogP contribution in [0.1, 0.15) is 50.2 Å². The van der Waals surface area contributed by atoms with Crippen molar-refractivity contribution in [2.75, 3.05) is 13.1 Å². The van der Waals surface area contributed by atoms with E-state index in [4.69, 9.17) is 9.63 Å². The van der Waals surface area contributed by atoms with Gasteiger partial charge in [-0.25, -0.2) is 4.79 Å². The highest BCUT2D eigenvalue weighted by molar-refractivity contribution is 5.65. The van der Waals surface area contributed by atoms with E-state index in [1.165, 1.54) is 4.90 Å². The highest BCUT2D eigenvalue weighted by Gasteiger charge is 2.27. The maximum absolute atomic E-state index is 10.8. The number of likely N-dealkylation sites (tertiary alicyclic amines) is 1. The molecule has 0 radical (unpaired) electrons. The van der Waals surface area contributed by atoms with E-state index in [-0.39, 0.29) is 11.8 Å². The summed E-state index contributed by atoms with van der Waals surface area (Å²) in [5.41, 5.74) is 0. The molecule has 6 heteroatoms. The van der Waals surface area contributed by atoms with Crippen molar-refractivity contribution in [2.24, 2.45) is 0 Å². The van der Waals surface area contributed by atoms with Gasteiger partial charge in [-0.05, 0) is 12.8 Å². The fourth-order valence-electron chi connectivity index (χ4n) is 1.97. The van der Waals surface area contributed by atoms with Gasteiger partial charge in [0.25, 0.3) is 0 Å². The molecule has 1 amide bonds. The van der Waals surface area contributed by atoms with Gasteiger partial charge in [0.15, 0.2) is 5.82 Å². The Hall–Kier alpha value is -1.59. The number of hydrogen-bond donors (Lipinski definition) is 1. The first-order chi connectivity index (χ1) is 8.08. The topological polar surface area (TPSA) is 79.5 Å². The van der Waals surface area contributed by atoms with Crippen LogP contribution in [0.3, 0.4) is 0 Å². The van der Waals surface area contributed by atoms with Crippen molar-refractivity contribution in [1.29, 1.82) is 0 Å². The van der Waals surface area contributed by atoms with Crippen LogP contribution in [0, 0.1) is 0 Å². The second-order valence-corrected chi connectivity index (χ2v) is 4.69. The van der Waals surface area contributed by atoms with E-state index in [2.05, 4.69) is 10.1 Å². The summed E-state index contributed by atoms with van der Waals surface area (Å²) in [5.74, 6) is 1.83. The van der Waals surface area contributed by atoms with Gasteiger partial charge in [-0.2, -0.15) is 4.98 Å². The second-order valence-electron chi connectivity index (χ2n) is 4.69. The van der Waals surface area contributed by atoms with Gasteiger partial charge in [-0.15, -0.1) is 0 Å². The third-order valence-electron chi connectivity index (χ3n) is 3.09.